The summed E-state index contributed by atoms with van der Waals surface area (Å²) in [6.07, 6.45) is 2.94. The van der Waals surface area contributed by atoms with Crippen LogP contribution in [-0.2, 0) is 16.1 Å². The molecule has 1 aromatic heterocycles. The number of carbonyl (C=O) groups is 2. The molecule has 5 rings (SSSR count). The monoisotopic (exact) mass is 439 g/mol. The minimum absolute atomic E-state index is 0.129. The molecule has 2 fully saturated rings. The summed E-state index contributed by atoms with van der Waals surface area (Å²) in [6, 6.07) is 8.17. The van der Waals surface area contributed by atoms with Gasteiger partial charge in [-0.05, 0) is 49.1 Å². The van der Waals surface area contributed by atoms with Gasteiger partial charge in [-0.3, -0.25) is 14.4 Å². The summed E-state index contributed by atoms with van der Waals surface area (Å²) in [7, 11) is 0. The zero-order chi connectivity index (χ0) is 22.6. The van der Waals surface area contributed by atoms with Crippen LogP contribution in [-0.4, -0.2) is 45.1 Å². The fraction of sp³-hybridized carbons (Fsp3) is 0.458. The largest absolute Gasteiger partial charge is 0.396 e. The molecule has 1 saturated heterocycles. The molecule has 8 heteroatoms. The molecule has 1 aliphatic carbocycles. The maximum Gasteiger partial charge on any atom is 0.258 e. The zero-order valence-corrected chi connectivity index (χ0v) is 17.8. The summed E-state index contributed by atoms with van der Waals surface area (Å²) < 4.78 is 14.9. The van der Waals surface area contributed by atoms with Crippen LogP contribution in [0.2, 0.25) is 0 Å². The van der Waals surface area contributed by atoms with E-state index in [9.17, 15) is 23.9 Å². The first-order chi connectivity index (χ1) is 15.4. The minimum Gasteiger partial charge on any atom is -0.396 e. The third kappa shape index (κ3) is 3.16. The summed E-state index contributed by atoms with van der Waals surface area (Å²) >= 11 is 0. The molecule has 2 amide bonds. The van der Waals surface area contributed by atoms with Crippen LogP contribution in [0.15, 0.2) is 41.2 Å². The van der Waals surface area contributed by atoms with Crippen molar-refractivity contribution in [2.75, 3.05) is 6.61 Å². The van der Waals surface area contributed by atoms with Gasteiger partial charge in [0.25, 0.3) is 5.56 Å². The Balaban J connectivity index is 1.53. The van der Waals surface area contributed by atoms with Gasteiger partial charge in [-0.2, -0.15) is 0 Å². The molecule has 2 aromatic rings. The van der Waals surface area contributed by atoms with E-state index in [0.29, 0.717) is 23.4 Å². The van der Waals surface area contributed by atoms with Crippen molar-refractivity contribution < 1.29 is 19.1 Å². The van der Waals surface area contributed by atoms with Crippen molar-refractivity contribution in [2.24, 2.45) is 11.8 Å². The molecule has 32 heavy (non-hydrogen) atoms. The highest BCUT2D eigenvalue weighted by Gasteiger charge is 2.56. The molecule has 1 aromatic carbocycles. The maximum absolute atomic E-state index is 13.3. The van der Waals surface area contributed by atoms with Crippen molar-refractivity contribution in [3.63, 3.8) is 0 Å². The van der Waals surface area contributed by atoms with Crippen LogP contribution in [0.4, 0.5) is 4.39 Å². The molecule has 168 valence electrons. The summed E-state index contributed by atoms with van der Waals surface area (Å²) in [4.78, 5) is 40.6. The van der Waals surface area contributed by atoms with E-state index in [-0.39, 0.29) is 41.8 Å². The minimum atomic E-state index is -0.756. The van der Waals surface area contributed by atoms with Crippen molar-refractivity contribution in [1.29, 1.82) is 0 Å². The van der Waals surface area contributed by atoms with Crippen LogP contribution in [0, 0.1) is 17.7 Å². The molecule has 2 N–H and O–H groups in total. The quantitative estimate of drug-likeness (QED) is 0.761. The van der Waals surface area contributed by atoms with Gasteiger partial charge in [0, 0.05) is 49.2 Å². The standard InChI is InChI=1S/C24H26FN3O4/c1-13(30)28-21-18(19(12-29)22(28)23(31)26-16-3-2-4-16)11-27-20(21)10-9-17(24(27)32)14-5-7-15(25)8-6-14/h5-10,16,18-19,21-22,29H,2-4,11-12H2,1H3,(H,26,31)/t18-,19-,21+,22-/m0/s1. The van der Waals surface area contributed by atoms with E-state index in [4.69, 9.17) is 0 Å². The van der Waals surface area contributed by atoms with Crippen LogP contribution in [0.3, 0.4) is 0 Å². The van der Waals surface area contributed by atoms with Crippen LogP contribution in [0.5, 0.6) is 0 Å². The first kappa shape index (κ1) is 20.9. The van der Waals surface area contributed by atoms with Gasteiger partial charge in [0.2, 0.25) is 11.8 Å². The Morgan fingerprint density at radius 2 is 1.88 bits per heavy atom. The van der Waals surface area contributed by atoms with E-state index in [1.165, 1.54) is 19.1 Å². The van der Waals surface area contributed by atoms with Gasteiger partial charge >= 0.3 is 0 Å². The van der Waals surface area contributed by atoms with E-state index >= 15 is 0 Å². The number of hydrogen-bond donors (Lipinski definition) is 2. The predicted octanol–water partition coefficient (Wildman–Crippen LogP) is 1.83. The zero-order valence-electron chi connectivity index (χ0n) is 17.8. The molecule has 0 radical (unpaired) electrons. The average molecular weight is 439 g/mol. The first-order valence-electron chi connectivity index (χ1n) is 11.1. The van der Waals surface area contributed by atoms with Gasteiger partial charge in [0.1, 0.15) is 11.9 Å². The van der Waals surface area contributed by atoms with Gasteiger partial charge in [0.05, 0.1) is 6.04 Å². The second kappa shape index (κ2) is 7.85. The number of aliphatic hydroxyl groups is 1. The number of nitrogens with zero attached hydrogens (tertiary/aromatic N) is 2. The molecule has 0 bridgehead atoms. The Hall–Kier alpha value is -3.00. The number of carbonyl (C=O) groups excluding carboxylic acids is 2. The van der Waals surface area contributed by atoms with Crippen molar-refractivity contribution in [2.45, 2.75) is 50.9 Å². The second-order valence-electron chi connectivity index (χ2n) is 9.06. The third-order valence-electron chi connectivity index (χ3n) is 7.31. The molecule has 0 unspecified atom stereocenters. The van der Waals surface area contributed by atoms with Crippen molar-refractivity contribution in [1.82, 2.24) is 14.8 Å². The lowest BCUT2D eigenvalue weighted by Crippen LogP contribution is -2.53. The Morgan fingerprint density at radius 3 is 2.47 bits per heavy atom. The van der Waals surface area contributed by atoms with E-state index in [1.54, 1.807) is 33.7 Å². The van der Waals surface area contributed by atoms with Crippen molar-refractivity contribution in [3.05, 3.63) is 58.3 Å². The number of aromatic nitrogens is 1. The number of likely N-dealkylation sites (tertiary alicyclic amines) is 1. The Kier molecular flexibility index (Phi) is 5.12. The number of halogens is 1. The van der Waals surface area contributed by atoms with Crippen LogP contribution < -0.4 is 10.9 Å². The average Bonchev–Trinajstić information content (AvgIpc) is 3.26. The normalized spacial score (nSPS) is 26.4. The lowest BCUT2D eigenvalue weighted by molar-refractivity contribution is -0.140. The van der Waals surface area contributed by atoms with Gasteiger partial charge < -0.3 is 19.9 Å². The summed E-state index contributed by atoms with van der Waals surface area (Å²) in [5.41, 5.74) is 1.50. The van der Waals surface area contributed by atoms with E-state index in [1.807, 2.05) is 0 Å². The Bertz CT molecular complexity index is 1130. The van der Waals surface area contributed by atoms with Gasteiger partial charge in [-0.15, -0.1) is 0 Å². The summed E-state index contributed by atoms with van der Waals surface area (Å²) in [5, 5.41) is 13.2. The highest BCUT2D eigenvalue weighted by Crippen LogP contribution is 2.49. The number of amides is 2. The van der Waals surface area contributed by atoms with Gasteiger partial charge in [-0.25, -0.2) is 4.39 Å². The highest BCUT2D eigenvalue weighted by molar-refractivity contribution is 5.88. The molecular formula is C24H26FN3O4. The molecular weight excluding hydrogens is 413 g/mol. The molecule has 3 aliphatic rings. The number of fused-ring (bicyclic) bond motifs is 3. The molecule has 0 spiro atoms. The number of hydrogen-bond acceptors (Lipinski definition) is 4. The lowest BCUT2D eigenvalue weighted by atomic mass is 9.87. The molecule has 2 aliphatic heterocycles. The van der Waals surface area contributed by atoms with Crippen LogP contribution in [0.1, 0.15) is 37.9 Å². The SMILES string of the molecule is CC(=O)N1[C@H](C(=O)NC2CCC2)[C@@H](CO)[C@@H]2Cn3c(ccc(-c4ccc(F)cc4)c3=O)[C@@H]21. The maximum atomic E-state index is 13.3. The number of pyridine rings is 1. The molecule has 1 saturated carbocycles. The highest BCUT2D eigenvalue weighted by atomic mass is 19.1. The predicted molar refractivity (Wildman–Crippen MR) is 115 cm³/mol. The van der Waals surface area contributed by atoms with Crippen LogP contribution in [0.25, 0.3) is 11.1 Å². The number of rotatable bonds is 4. The fourth-order valence-electron chi connectivity index (χ4n) is 5.54. The number of benzene rings is 1. The second-order valence-corrected chi connectivity index (χ2v) is 9.06. The third-order valence-corrected chi connectivity index (χ3v) is 7.31. The smallest absolute Gasteiger partial charge is 0.258 e. The molecule has 4 atom stereocenters. The van der Waals surface area contributed by atoms with Crippen LogP contribution >= 0.6 is 0 Å². The number of aliphatic hydroxyl groups excluding tert-OH is 1. The van der Waals surface area contributed by atoms with Crippen molar-refractivity contribution >= 4 is 11.8 Å². The van der Waals surface area contributed by atoms with E-state index in [0.717, 1.165) is 19.3 Å². The number of nitrogens with one attached hydrogen (secondary N) is 1. The molecule has 7 nitrogen and oxygen atoms in total. The lowest BCUT2D eigenvalue weighted by Gasteiger charge is -2.33. The summed E-state index contributed by atoms with van der Waals surface area (Å²) in [5.74, 6) is -1.56. The van der Waals surface area contributed by atoms with E-state index in [2.05, 4.69) is 5.32 Å². The molecule has 3 heterocycles. The Labute approximate surface area is 184 Å². The first-order valence-corrected chi connectivity index (χ1v) is 11.1. The summed E-state index contributed by atoms with van der Waals surface area (Å²) in [6.45, 7) is 1.49. The Morgan fingerprint density at radius 1 is 1.16 bits per heavy atom. The van der Waals surface area contributed by atoms with E-state index < -0.39 is 18.0 Å². The van der Waals surface area contributed by atoms with Crippen molar-refractivity contribution in [3.8, 4) is 11.1 Å². The topological polar surface area (TPSA) is 91.6 Å². The van der Waals surface area contributed by atoms with Gasteiger partial charge in [0.15, 0.2) is 0 Å². The van der Waals surface area contributed by atoms with Gasteiger partial charge in [-0.1, -0.05) is 12.1 Å². The fourth-order valence-corrected chi connectivity index (χ4v) is 5.54.